The molecule has 0 bridgehead atoms. The first-order valence-corrected chi connectivity index (χ1v) is 5.53. The van der Waals surface area contributed by atoms with E-state index in [1.54, 1.807) is 0 Å². The maximum atomic E-state index is 4.03. The average molecular weight is 286 g/mol. The van der Waals surface area contributed by atoms with Crippen LogP contribution in [0.4, 0.5) is 0 Å². The molecule has 0 nitrogen and oxygen atoms in total. The summed E-state index contributed by atoms with van der Waals surface area (Å²) in [6.45, 7) is 0. The van der Waals surface area contributed by atoms with Gasteiger partial charge >= 0.3 is 53.7 Å². The minimum absolute atomic E-state index is 1.08. The van der Waals surface area contributed by atoms with Gasteiger partial charge in [0.15, 0.2) is 0 Å². The second kappa shape index (κ2) is 5.23. The zero-order chi connectivity index (χ0) is 4.12. The van der Waals surface area contributed by atoms with Crippen molar-refractivity contribution in [1.82, 2.24) is 0 Å². The van der Waals surface area contributed by atoms with Crippen molar-refractivity contribution in [2.24, 2.45) is 0 Å². The van der Waals surface area contributed by atoms with Crippen molar-refractivity contribution in [3.05, 3.63) is 0 Å². The van der Waals surface area contributed by atoms with Gasteiger partial charge in [-0.25, -0.2) is 0 Å². The molecule has 0 rings (SSSR count). The predicted octanol–water partition coefficient (Wildman–Crippen LogP) is 0.358. The molecule has 0 atom stereocenters. The standard InChI is InChI=1S/C3H7S.Bi.2H/c1-2-3-4;;;/h4H,1-3H2;;;. The third kappa shape index (κ3) is 5.23. The fraction of sp³-hybridized carbons (Fsp3) is 1.00. The molecule has 0 saturated heterocycles. The molecule has 0 aromatic rings. The van der Waals surface area contributed by atoms with E-state index in [-0.39, 0.29) is 0 Å². The molecule has 32 valence electrons. The van der Waals surface area contributed by atoms with Crippen molar-refractivity contribution < 1.29 is 0 Å². The summed E-state index contributed by atoms with van der Waals surface area (Å²) < 4.78 is 1.43. The van der Waals surface area contributed by atoms with Gasteiger partial charge in [0.25, 0.3) is 0 Å². The average Bonchev–Trinajstić information content (AvgIpc) is 1.41. The summed E-state index contributed by atoms with van der Waals surface area (Å²) in [5.41, 5.74) is 0. The first-order valence-electron chi connectivity index (χ1n) is 1.72. The van der Waals surface area contributed by atoms with Gasteiger partial charge < -0.3 is 0 Å². The van der Waals surface area contributed by atoms with Crippen LogP contribution in [0.1, 0.15) is 6.42 Å². The van der Waals surface area contributed by atoms with Crippen LogP contribution in [0.5, 0.6) is 0 Å². The topological polar surface area (TPSA) is 0 Å². The molecule has 0 unspecified atom stereocenters. The van der Waals surface area contributed by atoms with Crippen molar-refractivity contribution in [3.63, 3.8) is 0 Å². The number of thiol groups is 1. The van der Waals surface area contributed by atoms with E-state index in [1.807, 2.05) is 0 Å². The van der Waals surface area contributed by atoms with Crippen LogP contribution < -0.4 is 0 Å². The van der Waals surface area contributed by atoms with Gasteiger partial charge in [0.2, 0.25) is 0 Å². The first kappa shape index (κ1) is 6.23. The zero-order valence-electron chi connectivity index (χ0n) is 3.15. The normalized spacial score (nSPS) is 8.40. The van der Waals surface area contributed by atoms with Gasteiger partial charge in [-0.15, -0.1) is 0 Å². The Morgan fingerprint density at radius 3 is 2.20 bits per heavy atom. The van der Waals surface area contributed by atoms with E-state index in [2.05, 4.69) is 12.6 Å². The van der Waals surface area contributed by atoms with Crippen LogP contribution in [-0.4, -0.2) is 30.5 Å². The number of rotatable bonds is 2. The molecule has 0 aliphatic heterocycles. The molecule has 0 aliphatic rings. The van der Waals surface area contributed by atoms with Crippen LogP contribution in [0.25, 0.3) is 0 Å². The fourth-order valence-electron chi connectivity index (χ4n) is 0.0913. The van der Waals surface area contributed by atoms with E-state index in [9.17, 15) is 0 Å². The first-order chi connectivity index (χ1) is 2.41. The Morgan fingerprint density at radius 1 is 1.60 bits per heavy atom. The molecular weight excluding hydrogens is 277 g/mol. The van der Waals surface area contributed by atoms with Crippen LogP contribution in [0, 0.1) is 0 Å². The van der Waals surface area contributed by atoms with Gasteiger partial charge in [-0.1, -0.05) is 0 Å². The van der Waals surface area contributed by atoms with E-state index >= 15 is 0 Å². The molecule has 0 aromatic carbocycles. The Bertz CT molecular complexity index is 14.4. The Morgan fingerprint density at radius 2 is 2.20 bits per heavy atom. The van der Waals surface area contributed by atoms with Crippen LogP contribution in [-0.2, 0) is 0 Å². The maximum absolute atomic E-state index is 4.03. The van der Waals surface area contributed by atoms with Crippen molar-refractivity contribution in [2.75, 3.05) is 5.75 Å². The molecule has 0 amide bonds. The van der Waals surface area contributed by atoms with Gasteiger partial charge in [-0.05, 0) is 0 Å². The molecule has 0 aliphatic carbocycles. The van der Waals surface area contributed by atoms with Crippen molar-refractivity contribution in [3.8, 4) is 0 Å². The second-order valence-electron chi connectivity index (χ2n) is 0.866. The fourth-order valence-corrected chi connectivity index (χ4v) is 2.40. The molecule has 0 radical (unpaired) electrons. The van der Waals surface area contributed by atoms with E-state index in [0.29, 0.717) is 0 Å². The van der Waals surface area contributed by atoms with Crippen LogP contribution in [0.2, 0.25) is 4.13 Å². The Kier molecular flexibility index (Phi) is 6.52. The molecule has 0 aromatic heterocycles. The number of hydrogen-bond acceptors (Lipinski definition) is 1. The van der Waals surface area contributed by atoms with E-state index in [4.69, 9.17) is 0 Å². The summed E-state index contributed by atoms with van der Waals surface area (Å²) in [4.78, 5) is 0. The second-order valence-corrected chi connectivity index (χ2v) is 3.56. The van der Waals surface area contributed by atoms with E-state index in [0.717, 1.165) is 5.75 Å². The molecule has 0 N–H and O–H groups in total. The quantitative estimate of drug-likeness (QED) is 0.550. The minimum atomic E-state index is 1.08. The molecule has 2 heteroatoms. The predicted molar refractivity (Wildman–Crippen MR) is 31.8 cm³/mol. The third-order valence-electron chi connectivity index (χ3n) is 0.362. The van der Waals surface area contributed by atoms with E-state index < -0.39 is 0 Å². The molecule has 0 heterocycles. The SMILES string of the molecule is SCC[CH2][BiH2]. The number of hydrogen-bond donors (Lipinski definition) is 1. The van der Waals surface area contributed by atoms with Crippen molar-refractivity contribution in [2.45, 2.75) is 10.5 Å². The van der Waals surface area contributed by atoms with Crippen LogP contribution >= 0.6 is 12.6 Å². The molecular formula is C3H9BiS. The third-order valence-corrected chi connectivity index (χ3v) is 2.27. The van der Waals surface area contributed by atoms with Crippen molar-refractivity contribution >= 4 is 37.3 Å². The summed E-state index contributed by atoms with van der Waals surface area (Å²) >= 11 is 5.21. The summed E-state index contributed by atoms with van der Waals surface area (Å²) in [7, 11) is 0. The molecule has 0 saturated carbocycles. The van der Waals surface area contributed by atoms with Gasteiger partial charge in [0, 0.05) is 0 Å². The van der Waals surface area contributed by atoms with Crippen LogP contribution in [0.3, 0.4) is 0 Å². The van der Waals surface area contributed by atoms with Gasteiger partial charge in [-0.2, -0.15) is 0 Å². The summed E-state index contributed by atoms with van der Waals surface area (Å²) in [6.07, 6.45) is 1.33. The summed E-state index contributed by atoms with van der Waals surface area (Å²) in [5, 5.41) is 0. The Labute approximate surface area is 53.6 Å². The Hall–Kier alpha value is 1.23. The molecule has 0 fully saturated rings. The van der Waals surface area contributed by atoms with Crippen LogP contribution in [0.15, 0.2) is 0 Å². The summed E-state index contributed by atoms with van der Waals surface area (Å²) in [6, 6.07) is 0. The van der Waals surface area contributed by atoms with Gasteiger partial charge in [-0.3, -0.25) is 0 Å². The van der Waals surface area contributed by atoms with Crippen molar-refractivity contribution in [1.29, 1.82) is 0 Å². The zero-order valence-corrected chi connectivity index (χ0v) is 8.53. The van der Waals surface area contributed by atoms with E-state index in [1.165, 1.54) is 35.3 Å². The molecule has 5 heavy (non-hydrogen) atoms. The van der Waals surface area contributed by atoms with Gasteiger partial charge in [0.1, 0.15) is 0 Å². The van der Waals surface area contributed by atoms with Gasteiger partial charge in [0.05, 0.1) is 0 Å². The monoisotopic (exact) mass is 286 g/mol. The Balaban J connectivity index is 2.19. The molecule has 0 spiro atoms. The summed E-state index contributed by atoms with van der Waals surface area (Å²) in [5.74, 6) is 1.08.